The van der Waals surface area contributed by atoms with Gasteiger partial charge in [-0.25, -0.2) is 9.37 Å². The number of hydrogen-bond acceptors (Lipinski definition) is 5. The van der Waals surface area contributed by atoms with Crippen LogP contribution in [-0.4, -0.2) is 15.6 Å². The van der Waals surface area contributed by atoms with Crippen molar-refractivity contribution < 1.29 is 14.0 Å². The van der Waals surface area contributed by atoms with Crippen LogP contribution in [0.4, 0.5) is 9.52 Å². The Morgan fingerprint density at radius 2 is 2.00 bits per heavy atom. The van der Waals surface area contributed by atoms with Gasteiger partial charge in [0.15, 0.2) is 5.13 Å². The predicted molar refractivity (Wildman–Crippen MR) is 110 cm³/mol. The number of amides is 1. The molecule has 4 rings (SSSR count). The summed E-state index contributed by atoms with van der Waals surface area (Å²) in [5, 5.41) is 3.07. The van der Waals surface area contributed by atoms with Crippen molar-refractivity contribution in [2.45, 2.75) is 13.5 Å². The molecule has 0 saturated heterocycles. The zero-order chi connectivity index (χ0) is 20.4. The number of carbonyl (C=O) groups is 1. The Bertz CT molecular complexity index is 1270. The topological polar surface area (TPSA) is 73.2 Å². The van der Waals surface area contributed by atoms with E-state index in [1.54, 1.807) is 18.2 Å². The first kappa shape index (κ1) is 18.8. The van der Waals surface area contributed by atoms with Crippen molar-refractivity contribution in [3.05, 3.63) is 93.7 Å². The number of nitrogens with zero attached hydrogens (tertiary/aromatic N) is 2. The highest BCUT2D eigenvalue weighted by atomic mass is 32.1. The lowest BCUT2D eigenvalue weighted by Crippen LogP contribution is -2.32. The van der Waals surface area contributed by atoms with Crippen LogP contribution >= 0.6 is 11.3 Å². The van der Waals surface area contributed by atoms with Gasteiger partial charge in [-0.2, -0.15) is 4.73 Å². The van der Waals surface area contributed by atoms with Gasteiger partial charge in [-0.15, -0.1) is 0 Å². The average Bonchev–Trinajstić information content (AvgIpc) is 3.12. The van der Waals surface area contributed by atoms with Crippen LogP contribution in [0.15, 0.2) is 65.6 Å². The van der Waals surface area contributed by atoms with Crippen molar-refractivity contribution in [2.24, 2.45) is 0 Å². The summed E-state index contributed by atoms with van der Waals surface area (Å²) in [5.41, 5.74) is 1.38. The molecule has 0 bridgehead atoms. The number of hydrogen-bond donors (Lipinski definition) is 1. The Hall–Kier alpha value is -3.52. The molecule has 0 atom stereocenters. The number of nitrogens with one attached hydrogen (secondary N) is 1. The van der Waals surface area contributed by atoms with E-state index in [9.17, 15) is 14.0 Å². The molecule has 1 amide bonds. The maximum absolute atomic E-state index is 13.7. The molecule has 29 heavy (non-hydrogen) atoms. The zero-order valence-corrected chi connectivity index (χ0v) is 16.2. The van der Waals surface area contributed by atoms with E-state index in [-0.39, 0.29) is 12.2 Å². The molecule has 0 fully saturated rings. The maximum Gasteiger partial charge on any atom is 0.295 e. The van der Waals surface area contributed by atoms with Crippen LogP contribution in [0, 0.1) is 12.7 Å². The first-order valence-electron chi connectivity index (χ1n) is 8.79. The number of halogens is 1. The standard InChI is InChI=1S/C21H16FN3O3S/c1-13-6-4-10-17-18(13)23-21(29-17)24-19(26)15-8-5-11-25(20(15)27)28-12-14-7-2-3-9-16(14)22/h2-11H,12H2,1H3,(H,23,24,26). The number of aromatic nitrogens is 2. The number of aryl methyl sites for hydroxylation is 1. The summed E-state index contributed by atoms with van der Waals surface area (Å²) in [6, 6.07) is 14.8. The van der Waals surface area contributed by atoms with Gasteiger partial charge in [-0.05, 0) is 36.8 Å². The molecule has 2 heterocycles. The Kier molecular flexibility index (Phi) is 5.09. The molecule has 8 heteroatoms. The number of pyridine rings is 1. The monoisotopic (exact) mass is 409 g/mol. The molecular formula is C21H16FN3O3S. The predicted octanol–water partition coefficient (Wildman–Crippen LogP) is 3.79. The second-order valence-electron chi connectivity index (χ2n) is 6.31. The fourth-order valence-electron chi connectivity index (χ4n) is 2.81. The van der Waals surface area contributed by atoms with Gasteiger partial charge in [-0.3, -0.25) is 14.9 Å². The smallest absolute Gasteiger partial charge is 0.295 e. The fourth-order valence-corrected chi connectivity index (χ4v) is 3.75. The van der Waals surface area contributed by atoms with Crippen molar-refractivity contribution in [1.29, 1.82) is 0 Å². The molecule has 0 unspecified atom stereocenters. The normalized spacial score (nSPS) is 10.8. The Labute approximate surface area is 169 Å². The molecule has 4 aromatic rings. The SMILES string of the molecule is Cc1cccc2sc(NC(=O)c3cccn(OCc4ccccc4F)c3=O)nc12. The lowest BCUT2D eigenvalue weighted by molar-refractivity contribution is 0.0847. The number of benzene rings is 2. The van der Waals surface area contributed by atoms with Crippen LogP contribution in [-0.2, 0) is 6.61 Å². The number of carbonyl (C=O) groups excluding carboxylic acids is 1. The van der Waals surface area contributed by atoms with Gasteiger partial charge in [0.1, 0.15) is 18.0 Å². The fraction of sp³-hybridized carbons (Fsp3) is 0.0952. The zero-order valence-electron chi connectivity index (χ0n) is 15.4. The maximum atomic E-state index is 13.7. The highest BCUT2D eigenvalue weighted by Gasteiger charge is 2.16. The molecule has 0 radical (unpaired) electrons. The number of fused-ring (bicyclic) bond motifs is 1. The van der Waals surface area contributed by atoms with Crippen molar-refractivity contribution >= 4 is 32.6 Å². The van der Waals surface area contributed by atoms with Gasteiger partial charge in [0.25, 0.3) is 11.5 Å². The second kappa shape index (κ2) is 7.84. The number of para-hydroxylation sites is 1. The van der Waals surface area contributed by atoms with Crippen molar-refractivity contribution in [3.8, 4) is 0 Å². The minimum atomic E-state index is -0.640. The summed E-state index contributed by atoms with van der Waals surface area (Å²) < 4.78 is 15.6. The molecule has 0 aliphatic rings. The summed E-state index contributed by atoms with van der Waals surface area (Å²) in [5.74, 6) is -1.02. The van der Waals surface area contributed by atoms with Crippen molar-refractivity contribution in [2.75, 3.05) is 5.32 Å². The lowest BCUT2D eigenvalue weighted by Gasteiger charge is -2.10. The third-order valence-corrected chi connectivity index (χ3v) is 5.25. The van der Waals surface area contributed by atoms with Gasteiger partial charge < -0.3 is 4.84 Å². The van der Waals surface area contributed by atoms with E-state index in [0.717, 1.165) is 20.5 Å². The van der Waals surface area contributed by atoms with Crippen LogP contribution < -0.4 is 15.7 Å². The van der Waals surface area contributed by atoms with E-state index < -0.39 is 17.3 Å². The summed E-state index contributed by atoms with van der Waals surface area (Å²) in [6.07, 6.45) is 1.38. The first-order valence-corrected chi connectivity index (χ1v) is 9.60. The third kappa shape index (κ3) is 3.88. The number of thiazole rings is 1. The van der Waals surface area contributed by atoms with E-state index >= 15 is 0 Å². The van der Waals surface area contributed by atoms with Gasteiger partial charge in [-0.1, -0.05) is 41.7 Å². The van der Waals surface area contributed by atoms with Gasteiger partial charge in [0.2, 0.25) is 0 Å². The molecule has 0 spiro atoms. The average molecular weight is 409 g/mol. The molecule has 6 nitrogen and oxygen atoms in total. The van der Waals surface area contributed by atoms with E-state index in [1.165, 1.54) is 35.7 Å². The molecule has 146 valence electrons. The Morgan fingerprint density at radius 1 is 1.17 bits per heavy atom. The van der Waals surface area contributed by atoms with E-state index in [1.807, 2.05) is 25.1 Å². The van der Waals surface area contributed by atoms with Gasteiger partial charge >= 0.3 is 0 Å². The van der Waals surface area contributed by atoms with E-state index in [4.69, 9.17) is 4.84 Å². The molecule has 2 aromatic carbocycles. The molecule has 1 N–H and O–H groups in total. The largest absolute Gasteiger partial charge is 0.406 e. The van der Waals surface area contributed by atoms with Crippen molar-refractivity contribution in [3.63, 3.8) is 0 Å². The Morgan fingerprint density at radius 3 is 2.79 bits per heavy atom. The van der Waals surface area contributed by atoms with Crippen LogP contribution in [0.2, 0.25) is 0 Å². The van der Waals surface area contributed by atoms with E-state index in [2.05, 4.69) is 10.3 Å². The molecule has 2 aromatic heterocycles. The molecule has 0 aliphatic carbocycles. The summed E-state index contributed by atoms with van der Waals surface area (Å²) >= 11 is 1.33. The highest BCUT2D eigenvalue weighted by molar-refractivity contribution is 7.22. The summed E-state index contributed by atoms with van der Waals surface area (Å²) in [6.45, 7) is 1.80. The molecular weight excluding hydrogens is 393 g/mol. The Balaban J connectivity index is 1.54. The van der Waals surface area contributed by atoms with Gasteiger partial charge in [0.05, 0.1) is 10.2 Å². The number of rotatable bonds is 5. The van der Waals surface area contributed by atoms with Crippen molar-refractivity contribution in [1.82, 2.24) is 9.71 Å². The van der Waals surface area contributed by atoms with Crippen LogP contribution in [0.1, 0.15) is 21.5 Å². The lowest BCUT2D eigenvalue weighted by atomic mass is 10.2. The van der Waals surface area contributed by atoms with E-state index in [0.29, 0.717) is 10.7 Å². The van der Waals surface area contributed by atoms with Crippen LogP contribution in [0.5, 0.6) is 0 Å². The first-order chi connectivity index (χ1) is 14.0. The van der Waals surface area contributed by atoms with Gasteiger partial charge in [0, 0.05) is 11.8 Å². The second-order valence-corrected chi connectivity index (χ2v) is 7.34. The van der Waals surface area contributed by atoms with Crippen LogP contribution in [0.3, 0.4) is 0 Å². The summed E-state index contributed by atoms with van der Waals surface area (Å²) in [4.78, 5) is 35.0. The third-order valence-electron chi connectivity index (χ3n) is 4.32. The minimum Gasteiger partial charge on any atom is -0.406 e. The summed E-state index contributed by atoms with van der Waals surface area (Å²) in [7, 11) is 0. The molecule has 0 aliphatic heterocycles. The number of anilines is 1. The highest BCUT2D eigenvalue weighted by Crippen LogP contribution is 2.28. The minimum absolute atomic E-state index is 0.1000. The van der Waals surface area contributed by atoms with Crippen LogP contribution in [0.25, 0.3) is 10.2 Å². The quantitative estimate of drug-likeness (QED) is 0.544. The molecule has 0 saturated carbocycles.